The summed E-state index contributed by atoms with van der Waals surface area (Å²) in [5, 5.41) is 16.2. The molecule has 0 bridgehead atoms. The predicted molar refractivity (Wildman–Crippen MR) is 58.0 cm³/mol. The van der Waals surface area contributed by atoms with Crippen molar-refractivity contribution in [3.05, 3.63) is 0 Å². The first-order chi connectivity index (χ1) is 6.02. The summed E-state index contributed by atoms with van der Waals surface area (Å²) in [5.41, 5.74) is 0. The molecule has 16 heavy (non-hydrogen) atoms. The van der Waals surface area contributed by atoms with Crippen LogP contribution in [0.5, 0.6) is 0 Å². The van der Waals surface area contributed by atoms with Crippen LogP contribution < -0.4 is 0 Å². The zero-order chi connectivity index (χ0) is 10.3. The SMILES string of the molecule is O=C(O)CCC(=O)OOCC(=O)O.[KH].[KH].[NaH]. The molecular formula is C6H11K2NaO7. The topological polar surface area (TPSA) is 110 Å². The molecule has 2 N–H and O–H groups in total. The van der Waals surface area contributed by atoms with Crippen LogP contribution in [0.2, 0.25) is 0 Å². The Bertz CT molecular complexity index is 223. The molecule has 0 spiro atoms. The Morgan fingerprint density at radius 2 is 1.44 bits per heavy atom. The van der Waals surface area contributed by atoms with E-state index < -0.39 is 24.5 Å². The maximum atomic E-state index is 10.5. The number of aliphatic carboxylic acids is 2. The molecule has 0 aromatic carbocycles. The number of carbonyl (C=O) groups is 3. The molecule has 7 nitrogen and oxygen atoms in total. The van der Waals surface area contributed by atoms with Crippen LogP contribution in [0, 0.1) is 0 Å². The van der Waals surface area contributed by atoms with Crippen LogP contribution in [-0.4, -0.2) is 167 Å². The molecule has 0 atom stereocenters. The van der Waals surface area contributed by atoms with Gasteiger partial charge in [0.15, 0.2) is 6.61 Å². The van der Waals surface area contributed by atoms with Crippen molar-refractivity contribution in [3.8, 4) is 0 Å². The third kappa shape index (κ3) is 21.9. The van der Waals surface area contributed by atoms with E-state index in [9.17, 15) is 14.4 Å². The van der Waals surface area contributed by atoms with E-state index in [1.54, 1.807) is 0 Å². The normalized spacial score (nSPS) is 7.50. The fraction of sp³-hybridized carbons (Fsp3) is 0.500. The van der Waals surface area contributed by atoms with Crippen molar-refractivity contribution in [1.29, 1.82) is 0 Å². The van der Waals surface area contributed by atoms with Gasteiger partial charge in [0, 0.05) is 0 Å². The first-order valence-electron chi connectivity index (χ1n) is 3.28. The van der Waals surface area contributed by atoms with Crippen LogP contribution >= 0.6 is 0 Å². The van der Waals surface area contributed by atoms with E-state index >= 15 is 0 Å². The van der Waals surface area contributed by atoms with Crippen LogP contribution in [0.25, 0.3) is 0 Å². The molecule has 0 saturated heterocycles. The molecule has 0 amide bonds. The molecule has 0 heterocycles. The number of carboxylic acids is 2. The quantitative estimate of drug-likeness (QED) is 0.316. The minimum absolute atomic E-state index is 0. The van der Waals surface area contributed by atoms with E-state index in [0.717, 1.165) is 0 Å². The zero-order valence-corrected chi connectivity index (χ0v) is 6.56. The van der Waals surface area contributed by atoms with E-state index in [2.05, 4.69) is 9.78 Å². The molecule has 80 valence electrons. The molecule has 0 aliphatic heterocycles. The summed E-state index contributed by atoms with van der Waals surface area (Å²) in [5.74, 6) is -3.34. The molecule has 0 aromatic rings. The Kier molecular flexibility index (Phi) is 29.8. The van der Waals surface area contributed by atoms with Crippen molar-refractivity contribution >= 4 is 150 Å². The van der Waals surface area contributed by atoms with Gasteiger partial charge in [-0.2, -0.15) is 4.89 Å². The molecule has 10 heteroatoms. The van der Waals surface area contributed by atoms with Gasteiger partial charge in [0.25, 0.3) is 0 Å². The van der Waals surface area contributed by atoms with Crippen molar-refractivity contribution < 1.29 is 34.4 Å². The second-order valence-corrected chi connectivity index (χ2v) is 2.01. The average Bonchev–Trinajstić information content (AvgIpc) is 2.00. The van der Waals surface area contributed by atoms with Gasteiger partial charge in [0.2, 0.25) is 0 Å². The summed E-state index contributed by atoms with van der Waals surface area (Å²) >= 11 is 0. The maximum absolute atomic E-state index is 10.5. The zero-order valence-electron chi connectivity index (χ0n) is 6.56. The molecule has 0 aromatic heterocycles. The van der Waals surface area contributed by atoms with Crippen molar-refractivity contribution in [1.82, 2.24) is 0 Å². The molecule has 0 fully saturated rings. The second kappa shape index (κ2) is 17.6. The van der Waals surface area contributed by atoms with Gasteiger partial charge in [0.05, 0.1) is 12.8 Å². The van der Waals surface area contributed by atoms with Crippen LogP contribution in [0.1, 0.15) is 12.8 Å². The van der Waals surface area contributed by atoms with Gasteiger partial charge in [0.1, 0.15) is 0 Å². The second-order valence-electron chi connectivity index (χ2n) is 2.01. The summed E-state index contributed by atoms with van der Waals surface area (Å²) in [7, 11) is 0. The Hall–Kier alpha value is 2.64. The standard InChI is InChI=1S/C6H8O7.2K.Na.3H/c7-4(8)1-2-6(11)13-12-3-5(9)10;;;;;;/h1-3H2,(H,7,8)(H,9,10);;;;;;. The monoisotopic (exact) mass is 296 g/mol. The summed E-state index contributed by atoms with van der Waals surface area (Å²) in [4.78, 5) is 38.2. The van der Waals surface area contributed by atoms with E-state index in [-0.39, 0.29) is 145 Å². The molecule has 0 unspecified atom stereocenters. The van der Waals surface area contributed by atoms with Gasteiger partial charge in [-0.05, 0) is 0 Å². The fourth-order valence-corrected chi connectivity index (χ4v) is 0.396. The van der Waals surface area contributed by atoms with Crippen LogP contribution in [-0.2, 0) is 24.2 Å². The number of carbonyl (C=O) groups excluding carboxylic acids is 1. The molecular weight excluding hydrogens is 285 g/mol. The van der Waals surface area contributed by atoms with E-state index in [1.165, 1.54) is 0 Å². The summed E-state index contributed by atoms with van der Waals surface area (Å²) in [6.07, 6.45) is -0.732. The van der Waals surface area contributed by atoms with Crippen LogP contribution in [0.4, 0.5) is 0 Å². The third-order valence-corrected chi connectivity index (χ3v) is 0.877. The molecule has 0 radical (unpaired) electrons. The van der Waals surface area contributed by atoms with Gasteiger partial charge in [-0.3, -0.25) is 9.68 Å². The van der Waals surface area contributed by atoms with Crippen molar-refractivity contribution in [2.45, 2.75) is 12.8 Å². The molecule has 0 aliphatic rings. The van der Waals surface area contributed by atoms with Crippen molar-refractivity contribution in [2.75, 3.05) is 6.61 Å². The number of hydrogen-bond acceptors (Lipinski definition) is 5. The van der Waals surface area contributed by atoms with Crippen molar-refractivity contribution in [2.24, 2.45) is 0 Å². The Labute approximate surface area is 199 Å². The van der Waals surface area contributed by atoms with Crippen LogP contribution in [0.3, 0.4) is 0 Å². The summed E-state index contributed by atoms with van der Waals surface area (Å²) in [6.45, 7) is -0.765. The fourth-order valence-electron chi connectivity index (χ4n) is 0.396. The summed E-state index contributed by atoms with van der Waals surface area (Å²) < 4.78 is 0. The third-order valence-electron chi connectivity index (χ3n) is 0.877. The first-order valence-corrected chi connectivity index (χ1v) is 3.28. The number of carboxylic acid groups (broad SMARTS) is 2. The van der Waals surface area contributed by atoms with Gasteiger partial charge < -0.3 is 10.2 Å². The Balaban J connectivity index is -0.000000240. The number of hydrogen-bond donors (Lipinski definition) is 2. The van der Waals surface area contributed by atoms with E-state index in [1.807, 2.05) is 0 Å². The average molecular weight is 296 g/mol. The van der Waals surface area contributed by atoms with Gasteiger partial charge >= 0.3 is 150 Å². The Morgan fingerprint density at radius 1 is 0.938 bits per heavy atom. The Morgan fingerprint density at radius 3 is 1.81 bits per heavy atom. The van der Waals surface area contributed by atoms with Crippen molar-refractivity contribution in [3.63, 3.8) is 0 Å². The minimum atomic E-state index is -1.29. The van der Waals surface area contributed by atoms with Gasteiger partial charge in [-0.15, -0.1) is 0 Å². The molecule has 0 rings (SSSR count). The molecule has 0 saturated carbocycles. The van der Waals surface area contributed by atoms with E-state index in [4.69, 9.17) is 10.2 Å². The number of rotatable bonds is 6. The predicted octanol–water partition coefficient (Wildman–Crippen LogP) is -2.53. The molecule has 0 aliphatic carbocycles. The first kappa shape index (κ1) is 27.1. The van der Waals surface area contributed by atoms with Gasteiger partial charge in [-0.1, -0.05) is 0 Å². The summed E-state index contributed by atoms with van der Waals surface area (Å²) in [6, 6.07) is 0. The van der Waals surface area contributed by atoms with Gasteiger partial charge in [-0.25, -0.2) is 9.59 Å². The van der Waals surface area contributed by atoms with E-state index in [0.29, 0.717) is 0 Å². The van der Waals surface area contributed by atoms with Crippen LogP contribution in [0.15, 0.2) is 0 Å².